The lowest BCUT2D eigenvalue weighted by Gasteiger charge is -2.00. The number of rotatable bonds is 2. The number of benzene rings is 1. The molecule has 1 aromatic rings. The molecule has 0 heterocycles. The van der Waals surface area contributed by atoms with Gasteiger partial charge in [0.05, 0.1) is 0 Å². The third-order valence-electron chi connectivity index (χ3n) is 2.51. The third kappa shape index (κ3) is 1.40. The van der Waals surface area contributed by atoms with Gasteiger partial charge in [0.1, 0.15) is 0 Å². The molecule has 0 aromatic heterocycles. The van der Waals surface area contributed by atoms with Crippen LogP contribution < -0.4 is 0 Å². The van der Waals surface area contributed by atoms with Crippen LogP contribution in [0.4, 0.5) is 0 Å². The van der Waals surface area contributed by atoms with Crippen LogP contribution in [0, 0.1) is 0 Å². The molecule has 2 rings (SSSR count). The molecule has 72 valence electrons. The number of carbonyl (C=O) groups is 1. The van der Waals surface area contributed by atoms with Crippen molar-refractivity contribution in [1.29, 1.82) is 0 Å². The van der Waals surface area contributed by atoms with Crippen molar-refractivity contribution in [3.8, 4) is 0 Å². The van der Waals surface area contributed by atoms with E-state index in [1.54, 1.807) is 11.8 Å². The zero-order chi connectivity index (χ0) is 10.1. The van der Waals surface area contributed by atoms with Gasteiger partial charge < -0.3 is 0 Å². The Morgan fingerprint density at radius 3 is 2.79 bits per heavy atom. The molecule has 0 aliphatic heterocycles. The lowest BCUT2D eigenvalue weighted by atomic mass is 10.1. The molecular formula is C12H12OS. The molecular weight excluding hydrogens is 192 g/mol. The van der Waals surface area contributed by atoms with E-state index in [0.29, 0.717) is 0 Å². The molecule has 0 bridgehead atoms. The van der Waals surface area contributed by atoms with Gasteiger partial charge in [-0.15, -0.1) is 11.8 Å². The first kappa shape index (κ1) is 9.53. The Labute approximate surface area is 88.2 Å². The Bertz CT molecular complexity index is 418. The zero-order valence-corrected chi connectivity index (χ0v) is 9.15. The number of hydrogen-bond donors (Lipinski definition) is 0. The van der Waals surface area contributed by atoms with Crippen LogP contribution in [0.1, 0.15) is 29.3 Å². The second-order valence-corrected chi connectivity index (χ2v) is 4.19. The third-order valence-corrected chi connectivity index (χ3v) is 3.23. The van der Waals surface area contributed by atoms with E-state index in [9.17, 15) is 4.79 Å². The highest BCUT2D eigenvalue weighted by atomic mass is 32.2. The Morgan fingerprint density at radius 1 is 1.36 bits per heavy atom. The van der Waals surface area contributed by atoms with E-state index >= 15 is 0 Å². The van der Waals surface area contributed by atoms with Crippen molar-refractivity contribution in [3.63, 3.8) is 0 Å². The lowest BCUT2D eigenvalue weighted by Crippen LogP contribution is -1.97. The quantitative estimate of drug-likeness (QED) is 0.687. The first-order valence-electron chi connectivity index (χ1n) is 4.69. The molecule has 1 aromatic carbocycles. The highest BCUT2D eigenvalue weighted by Gasteiger charge is 2.20. The maximum Gasteiger partial charge on any atom is 0.189 e. The van der Waals surface area contributed by atoms with Gasteiger partial charge in [-0.25, -0.2) is 0 Å². The topological polar surface area (TPSA) is 17.1 Å². The molecule has 0 saturated heterocycles. The molecule has 0 amide bonds. The summed E-state index contributed by atoms with van der Waals surface area (Å²) in [6.45, 7) is 2.02. The summed E-state index contributed by atoms with van der Waals surface area (Å²) in [5, 5.41) is 0. The number of thioether (sulfide) groups is 1. The van der Waals surface area contributed by atoms with Crippen molar-refractivity contribution in [2.45, 2.75) is 18.2 Å². The molecule has 1 aliphatic carbocycles. The van der Waals surface area contributed by atoms with Crippen molar-refractivity contribution in [3.05, 3.63) is 34.9 Å². The summed E-state index contributed by atoms with van der Waals surface area (Å²) in [5.41, 5.74) is 2.87. The maximum absolute atomic E-state index is 11.8. The van der Waals surface area contributed by atoms with Crippen LogP contribution >= 0.6 is 11.8 Å². The minimum atomic E-state index is 0.204. The Hall–Kier alpha value is -1.02. The average Bonchev–Trinajstić information content (AvgIpc) is 2.55. The van der Waals surface area contributed by atoms with Crippen LogP contribution in [0.3, 0.4) is 0 Å². The van der Waals surface area contributed by atoms with Gasteiger partial charge in [-0.2, -0.15) is 0 Å². The summed E-state index contributed by atoms with van der Waals surface area (Å²) in [7, 11) is 0. The van der Waals surface area contributed by atoms with Crippen molar-refractivity contribution >= 4 is 23.6 Å². The highest BCUT2D eigenvalue weighted by molar-refractivity contribution is 7.98. The fourth-order valence-electron chi connectivity index (χ4n) is 1.68. The molecule has 1 nitrogen and oxygen atoms in total. The van der Waals surface area contributed by atoms with Crippen LogP contribution in [0.25, 0.3) is 6.08 Å². The predicted octanol–water partition coefficient (Wildman–Crippen LogP) is 3.40. The van der Waals surface area contributed by atoms with E-state index in [2.05, 4.69) is 6.07 Å². The maximum atomic E-state index is 11.8. The summed E-state index contributed by atoms with van der Waals surface area (Å²) >= 11 is 1.70. The standard InChI is InChI=1S/C12H12OS/c1-3-8-6-9-7-10(14-2)4-5-11(9)12(8)13/h4-7H,3H2,1-2H3. The molecule has 0 saturated carbocycles. The van der Waals surface area contributed by atoms with Gasteiger partial charge in [0, 0.05) is 16.0 Å². The normalized spacial score (nSPS) is 14.1. The van der Waals surface area contributed by atoms with Gasteiger partial charge >= 0.3 is 0 Å². The lowest BCUT2D eigenvalue weighted by molar-refractivity contribution is 0.103. The van der Waals surface area contributed by atoms with Gasteiger partial charge in [0.15, 0.2) is 5.78 Å². The second kappa shape index (κ2) is 3.62. The van der Waals surface area contributed by atoms with Crippen LogP contribution in [0.5, 0.6) is 0 Å². The number of fused-ring (bicyclic) bond motifs is 1. The highest BCUT2D eigenvalue weighted by Crippen LogP contribution is 2.29. The smallest absolute Gasteiger partial charge is 0.189 e. The van der Waals surface area contributed by atoms with Crippen LogP contribution in [0.15, 0.2) is 28.7 Å². The van der Waals surface area contributed by atoms with E-state index in [0.717, 1.165) is 23.1 Å². The summed E-state index contributed by atoms with van der Waals surface area (Å²) in [5.74, 6) is 0.204. The molecule has 14 heavy (non-hydrogen) atoms. The first-order chi connectivity index (χ1) is 6.76. The SMILES string of the molecule is CCC1=Cc2cc(SC)ccc2C1=O. The van der Waals surface area contributed by atoms with Gasteiger partial charge in [0.2, 0.25) is 0 Å². The monoisotopic (exact) mass is 204 g/mol. The van der Waals surface area contributed by atoms with Gasteiger partial charge in [-0.3, -0.25) is 4.79 Å². The first-order valence-corrected chi connectivity index (χ1v) is 5.92. The average molecular weight is 204 g/mol. The molecule has 0 atom stereocenters. The molecule has 2 heteroatoms. The number of Topliss-reactive ketones (excluding diaryl/α,β-unsaturated/α-hetero) is 1. The molecule has 0 fully saturated rings. The summed E-state index contributed by atoms with van der Waals surface area (Å²) < 4.78 is 0. The van der Waals surface area contributed by atoms with Gasteiger partial charge in [-0.1, -0.05) is 6.92 Å². The minimum absolute atomic E-state index is 0.204. The van der Waals surface area contributed by atoms with Gasteiger partial charge in [-0.05, 0) is 42.5 Å². The summed E-state index contributed by atoms with van der Waals surface area (Å²) in [4.78, 5) is 13.0. The zero-order valence-electron chi connectivity index (χ0n) is 8.33. The molecule has 0 unspecified atom stereocenters. The fourth-order valence-corrected chi connectivity index (χ4v) is 2.13. The van der Waals surface area contributed by atoms with Crippen molar-refractivity contribution in [2.24, 2.45) is 0 Å². The van der Waals surface area contributed by atoms with Crippen molar-refractivity contribution in [2.75, 3.05) is 6.26 Å². The molecule has 0 N–H and O–H groups in total. The minimum Gasteiger partial charge on any atom is -0.289 e. The number of carbonyl (C=O) groups excluding carboxylic acids is 1. The van der Waals surface area contributed by atoms with E-state index in [-0.39, 0.29) is 5.78 Å². The summed E-state index contributed by atoms with van der Waals surface area (Å²) in [6, 6.07) is 6.02. The van der Waals surface area contributed by atoms with Crippen LogP contribution in [0.2, 0.25) is 0 Å². The largest absolute Gasteiger partial charge is 0.289 e. The van der Waals surface area contributed by atoms with Crippen LogP contribution in [-0.4, -0.2) is 12.0 Å². The predicted molar refractivity (Wildman–Crippen MR) is 60.8 cm³/mol. The Balaban J connectivity index is 2.49. The van der Waals surface area contributed by atoms with E-state index in [1.807, 2.05) is 31.4 Å². The van der Waals surface area contributed by atoms with Gasteiger partial charge in [0.25, 0.3) is 0 Å². The van der Waals surface area contributed by atoms with Crippen molar-refractivity contribution in [1.82, 2.24) is 0 Å². The van der Waals surface area contributed by atoms with E-state index in [1.165, 1.54) is 4.90 Å². The number of allylic oxidation sites excluding steroid dienone is 1. The van der Waals surface area contributed by atoms with Crippen molar-refractivity contribution < 1.29 is 4.79 Å². The number of hydrogen-bond acceptors (Lipinski definition) is 2. The molecule has 0 spiro atoms. The molecule has 0 radical (unpaired) electrons. The number of ketones is 1. The fraction of sp³-hybridized carbons (Fsp3) is 0.250. The van der Waals surface area contributed by atoms with E-state index < -0.39 is 0 Å². The van der Waals surface area contributed by atoms with Crippen LogP contribution in [-0.2, 0) is 0 Å². The Kier molecular flexibility index (Phi) is 2.46. The summed E-state index contributed by atoms with van der Waals surface area (Å²) in [6.07, 6.45) is 4.88. The van der Waals surface area contributed by atoms with E-state index in [4.69, 9.17) is 0 Å². The second-order valence-electron chi connectivity index (χ2n) is 3.31. The molecule has 1 aliphatic rings. The Morgan fingerprint density at radius 2 is 2.14 bits per heavy atom.